The van der Waals surface area contributed by atoms with Crippen molar-refractivity contribution in [3.05, 3.63) is 80.2 Å². The fraction of sp³-hybridized carbons (Fsp3) is 0.200. The molecular weight excluding hydrogens is 396 g/mol. The van der Waals surface area contributed by atoms with Crippen molar-refractivity contribution in [3.8, 4) is 0 Å². The lowest BCUT2D eigenvalue weighted by atomic mass is 10.2. The maximum absolute atomic E-state index is 12.7. The first-order valence-electron chi connectivity index (χ1n) is 8.25. The minimum Gasteiger partial charge on any atom is -0.311 e. The first-order chi connectivity index (χ1) is 12.2. The highest BCUT2D eigenvalue weighted by Gasteiger charge is 2.25. The Morgan fingerprint density at radius 1 is 1.20 bits per heavy atom. The zero-order chi connectivity index (χ0) is 17.2. The highest BCUT2D eigenvalue weighted by molar-refractivity contribution is 9.10. The standard InChI is InChI=1S/C20H17BrN2OS/c21-16-6-7-18-15(11-16)8-9-23(18)20(24)12-17-13-25-19(22-17)10-14-4-2-1-3-5-14/h1-7,11,13H,8-10,12H2. The molecule has 0 radical (unpaired) electrons. The van der Waals surface area contributed by atoms with Gasteiger partial charge in [0, 0.05) is 28.5 Å². The summed E-state index contributed by atoms with van der Waals surface area (Å²) in [5.74, 6) is 0.123. The number of hydrogen-bond acceptors (Lipinski definition) is 3. The molecule has 1 aliphatic heterocycles. The van der Waals surface area contributed by atoms with Gasteiger partial charge in [0.15, 0.2) is 0 Å². The lowest BCUT2D eigenvalue weighted by Crippen LogP contribution is -2.30. The van der Waals surface area contributed by atoms with E-state index in [9.17, 15) is 4.79 Å². The number of anilines is 1. The van der Waals surface area contributed by atoms with E-state index in [2.05, 4.69) is 39.1 Å². The van der Waals surface area contributed by atoms with Gasteiger partial charge in [-0.3, -0.25) is 4.79 Å². The van der Waals surface area contributed by atoms with Crippen molar-refractivity contribution in [2.75, 3.05) is 11.4 Å². The van der Waals surface area contributed by atoms with E-state index < -0.39 is 0 Å². The monoisotopic (exact) mass is 412 g/mol. The number of carbonyl (C=O) groups is 1. The Balaban J connectivity index is 1.44. The van der Waals surface area contributed by atoms with Gasteiger partial charge in [0.2, 0.25) is 5.91 Å². The Morgan fingerprint density at radius 2 is 2.04 bits per heavy atom. The molecule has 0 bridgehead atoms. The van der Waals surface area contributed by atoms with Gasteiger partial charge >= 0.3 is 0 Å². The van der Waals surface area contributed by atoms with Crippen molar-refractivity contribution in [1.29, 1.82) is 0 Å². The molecule has 0 saturated carbocycles. The second-order valence-corrected chi connectivity index (χ2v) is 8.00. The van der Waals surface area contributed by atoms with Crippen LogP contribution in [0.1, 0.15) is 21.8 Å². The Hall–Kier alpha value is -1.98. The summed E-state index contributed by atoms with van der Waals surface area (Å²) >= 11 is 5.12. The molecule has 1 amide bonds. The van der Waals surface area contributed by atoms with Crippen LogP contribution in [0.2, 0.25) is 0 Å². The summed E-state index contributed by atoms with van der Waals surface area (Å²) < 4.78 is 1.06. The molecule has 0 saturated heterocycles. The van der Waals surface area contributed by atoms with Gasteiger partial charge in [0.25, 0.3) is 0 Å². The Kier molecular flexibility index (Phi) is 4.68. The summed E-state index contributed by atoms with van der Waals surface area (Å²) in [5, 5.41) is 3.06. The number of hydrogen-bond donors (Lipinski definition) is 0. The molecule has 1 aromatic heterocycles. The van der Waals surface area contributed by atoms with Crippen molar-refractivity contribution < 1.29 is 4.79 Å². The normalized spacial score (nSPS) is 13.1. The molecule has 2 heterocycles. The second-order valence-electron chi connectivity index (χ2n) is 6.14. The number of carbonyl (C=O) groups excluding carboxylic acids is 1. The van der Waals surface area contributed by atoms with E-state index in [1.54, 1.807) is 11.3 Å². The predicted molar refractivity (Wildman–Crippen MR) is 105 cm³/mol. The van der Waals surface area contributed by atoms with Gasteiger partial charge in [-0.2, -0.15) is 0 Å². The van der Waals surface area contributed by atoms with Crippen LogP contribution in [0.25, 0.3) is 0 Å². The summed E-state index contributed by atoms with van der Waals surface area (Å²) in [6.07, 6.45) is 2.10. The predicted octanol–water partition coefficient (Wildman–Crippen LogP) is 4.63. The molecule has 0 spiro atoms. The van der Waals surface area contributed by atoms with E-state index in [0.29, 0.717) is 6.42 Å². The van der Waals surface area contributed by atoms with Crippen LogP contribution in [0.4, 0.5) is 5.69 Å². The van der Waals surface area contributed by atoms with Crippen LogP contribution in [0, 0.1) is 0 Å². The van der Waals surface area contributed by atoms with Gasteiger partial charge < -0.3 is 4.90 Å². The summed E-state index contributed by atoms with van der Waals surface area (Å²) in [7, 11) is 0. The minimum absolute atomic E-state index is 0.123. The van der Waals surface area contributed by atoms with Gasteiger partial charge in [-0.05, 0) is 35.7 Å². The molecule has 0 unspecified atom stereocenters. The Bertz CT molecular complexity index is 907. The number of benzene rings is 2. The number of aromatic nitrogens is 1. The van der Waals surface area contributed by atoms with Crippen LogP contribution in [-0.4, -0.2) is 17.4 Å². The molecule has 3 nitrogen and oxygen atoms in total. The molecule has 5 heteroatoms. The second kappa shape index (κ2) is 7.10. The molecule has 25 heavy (non-hydrogen) atoms. The summed E-state index contributed by atoms with van der Waals surface area (Å²) in [6, 6.07) is 16.4. The smallest absolute Gasteiger partial charge is 0.233 e. The topological polar surface area (TPSA) is 33.2 Å². The van der Waals surface area contributed by atoms with Crippen molar-refractivity contribution in [1.82, 2.24) is 4.98 Å². The maximum Gasteiger partial charge on any atom is 0.233 e. The van der Waals surface area contributed by atoms with Crippen molar-refractivity contribution >= 4 is 38.9 Å². The first-order valence-corrected chi connectivity index (χ1v) is 9.92. The van der Waals surface area contributed by atoms with Crippen LogP contribution in [-0.2, 0) is 24.1 Å². The zero-order valence-corrected chi connectivity index (χ0v) is 16.0. The van der Waals surface area contributed by atoms with Crippen molar-refractivity contribution in [2.24, 2.45) is 0 Å². The van der Waals surface area contributed by atoms with Crippen LogP contribution in [0.5, 0.6) is 0 Å². The molecule has 3 aromatic rings. The fourth-order valence-corrected chi connectivity index (χ4v) is 4.40. The summed E-state index contributed by atoms with van der Waals surface area (Å²) in [5.41, 5.74) is 4.37. The molecule has 4 rings (SSSR count). The Labute approximate surface area is 159 Å². The largest absolute Gasteiger partial charge is 0.311 e. The quantitative estimate of drug-likeness (QED) is 0.625. The molecule has 1 aliphatic rings. The van der Waals surface area contributed by atoms with E-state index >= 15 is 0 Å². The third-order valence-electron chi connectivity index (χ3n) is 4.37. The fourth-order valence-electron chi connectivity index (χ4n) is 3.16. The average Bonchev–Trinajstić information content (AvgIpc) is 3.22. The average molecular weight is 413 g/mol. The lowest BCUT2D eigenvalue weighted by molar-refractivity contribution is -0.117. The number of thiazole rings is 1. The number of fused-ring (bicyclic) bond motifs is 1. The first kappa shape index (κ1) is 16.5. The van der Waals surface area contributed by atoms with Gasteiger partial charge in [0.1, 0.15) is 0 Å². The summed E-state index contributed by atoms with van der Waals surface area (Å²) in [4.78, 5) is 19.2. The zero-order valence-electron chi connectivity index (χ0n) is 13.6. The molecule has 0 atom stereocenters. The Morgan fingerprint density at radius 3 is 2.88 bits per heavy atom. The summed E-state index contributed by atoms with van der Waals surface area (Å²) in [6.45, 7) is 0.756. The van der Waals surface area contributed by atoms with E-state index in [1.165, 1.54) is 11.1 Å². The minimum atomic E-state index is 0.123. The van der Waals surface area contributed by atoms with Crippen LogP contribution < -0.4 is 4.90 Å². The van der Waals surface area contributed by atoms with Gasteiger partial charge in [-0.1, -0.05) is 46.3 Å². The van der Waals surface area contributed by atoms with Gasteiger partial charge in [-0.25, -0.2) is 4.98 Å². The van der Waals surface area contributed by atoms with E-state index in [-0.39, 0.29) is 5.91 Å². The highest BCUT2D eigenvalue weighted by Crippen LogP contribution is 2.31. The number of nitrogens with zero attached hydrogens (tertiary/aromatic N) is 2. The van der Waals surface area contributed by atoms with E-state index in [0.717, 1.165) is 40.2 Å². The maximum atomic E-state index is 12.7. The van der Waals surface area contributed by atoms with Crippen molar-refractivity contribution in [2.45, 2.75) is 19.3 Å². The number of rotatable bonds is 4. The molecule has 2 aromatic carbocycles. The molecular formula is C20H17BrN2OS. The lowest BCUT2D eigenvalue weighted by Gasteiger charge is -2.16. The van der Waals surface area contributed by atoms with E-state index in [1.807, 2.05) is 40.6 Å². The van der Waals surface area contributed by atoms with Crippen LogP contribution >= 0.6 is 27.3 Å². The molecule has 126 valence electrons. The molecule has 0 aliphatic carbocycles. The van der Waals surface area contributed by atoms with Gasteiger partial charge in [0.05, 0.1) is 17.1 Å². The van der Waals surface area contributed by atoms with Crippen LogP contribution in [0.15, 0.2) is 58.4 Å². The highest BCUT2D eigenvalue weighted by atomic mass is 79.9. The third kappa shape index (κ3) is 3.67. The van der Waals surface area contributed by atoms with Crippen LogP contribution in [0.3, 0.4) is 0 Å². The number of amides is 1. The van der Waals surface area contributed by atoms with Crippen molar-refractivity contribution in [3.63, 3.8) is 0 Å². The third-order valence-corrected chi connectivity index (χ3v) is 5.76. The molecule has 0 N–H and O–H groups in total. The molecule has 0 fully saturated rings. The van der Waals surface area contributed by atoms with E-state index in [4.69, 9.17) is 0 Å². The number of halogens is 1. The van der Waals surface area contributed by atoms with Gasteiger partial charge in [-0.15, -0.1) is 11.3 Å². The SMILES string of the molecule is O=C(Cc1csc(Cc2ccccc2)n1)N1CCc2cc(Br)ccc21.